The number of imidazole rings is 1. The van der Waals surface area contributed by atoms with Crippen molar-refractivity contribution in [2.75, 3.05) is 7.11 Å². The summed E-state index contributed by atoms with van der Waals surface area (Å²) in [5.41, 5.74) is 4.07. The second-order valence-electron chi connectivity index (χ2n) is 5.43. The van der Waals surface area contributed by atoms with Crippen molar-refractivity contribution in [3.05, 3.63) is 64.2 Å². The second-order valence-corrected chi connectivity index (χ2v) is 5.84. The van der Waals surface area contributed by atoms with Crippen LogP contribution in [0.1, 0.15) is 0 Å². The number of benzene rings is 1. The van der Waals surface area contributed by atoms with Crippen molar-refractivity contribution in [3.63, 3.8) is 0 Å². The van der Waals surface area contributed by atoms with Crippen LogP contribution in [-0.2, 0) is 0 Å². The Labute approximate surface area is 147 Å². The molecule has 0 aliphatic rings. The molecule has 7 heteroatoms. The topological polar surface area (TPSA) is 83.7 Å². The Morgan fingerprint density at radius 2 is 1.84 bits per heavy atom. The molecule has 0 spiro atoms. The molecule has 0 saturated heterocycles. The van der Waals surface area contributed by atoms with Crippen LogP contribution in [0, 0.1) is 0 Å². The van der Waals surface area contributed by atoms with Gasteiger partial charge >= 0.3 is 5.69 Å². The van der Waals surface area contributed by atoms with Crippen molar-refractivity contribution in [1.82, 2.24) is 19.9 Å². The van der Waals surface area contributed by atoms with Crippen molar-refractivity contribution in [2.45, 2.75) is 0 Å². The highest BCUT2D eigenvalue weighted by atomic mass is 35.5. The van der Waals surface area contributed by atoms with Crippen molar-refractivity contribution >= 4 is 22.8 Å². The molecule has 0 aliphatic carbocycles. The normalized spacial score (nSPS) is 11.0. The number of methoxy groups -OCH3 is 1. The van der Waals surface area contributed by atoms with Gasteiger partial charge in [-0.2, -0.15) is 0 Å². The lowest BCUT2D eigenvalue weighted by Gasteiger charge is -2.08. The number of rotatable bonds is 3. The number of ether oxygens (including phenoxy) is 1. The lowest BCUT2D eigenvalue weighted by molar-refractivity contribution is 0.399. The first-order valence-electron chi connectivity index (χ1n) is 7.54. The van der Waals surface area contributed by atoms with E-state index >= 15 is 0 Å². The molecular formula is C18H13ClN4O2. The molecule has 4 aromatic rings. The third-order valence-corrected chi connectivity index (χ3v) is 4.18. The zero-order chi connectivity index (χ0) is 17.4. The molecule has 3 heterocycles. The van der Waals surface area contributed by atoms with Gasteiger partial charge in [-0.05, 0) is 23.8 Å². The van der Waals surface area contributed by atoms with Gasteiger partial charge in [-0.25, -0.2) is 14.8 Å². The molecule has 0 amide bonds. The van der Waals surface area contributed by atoms with Gasteiger partial charge in [0.15, 0.2) is 5.65 Å². The number of hydrogen-bond acceptors (Lipinski definition) is 4. The number of aromatic amines is 2. The van der Waals surface area contributed by atoms with Crippen molar-refractivity contribution in [1.29, 1.82) is 0 Å². The summed E-state index contributed by atoms with van der Waals surface area (Å²) in [6, 6.07) is 13.3. The maximum absolute atomic E-state index is 11.4. The molecule has 0 radical (unpaired) electrons. The quantitative estimate of drug-likeness (QED) is 0.589. The smallest absolute Gasteiger partial charge is 0.325 e. The fourth-order valence-corrected chi connectivity index (χ4v) is 2.98. The lowest BCUT2D eigenvalue weighted by Crippen LogP contribution is -1.99. The molecule has 0 aliphatic heterocycles. The summed E-state index contributed by atoms with van der Waals surface area (Å²) < 4.78 is 5.30. The molecule has 2 N–H and O–H groups in total. The van der Waals surface area contributed by atoms with Crippen molar-refractivity contribution in [3.8, 4) is 28.3 Å². The Kier molecular flexibility index (Phi) is 3.74. The van der Waals surface area contributed by atoms with Gasteiger partial charge in [0.1, 0.15) is 0 Å². The Hall–Kier alpha value is -3.12. The van der Waals surface area contributed by atoms with E-state index in [-0.39, 0.29) is 5.69 Å². The number of aromatic nitrogens is 4. The van der Waals surface area contributed by atoms with Gasteiger partial charge in [0.2, 0.25) is 5.88 Å². The summed E-state index contributed by atoms with van der Waals surface area (Å²) in [6.45, 7) is 0. The van der Waals surface area contributed by atoms with Crippen LogP contribution >= 0.6 is 11.6 Å². The predicted molar refractivity (Wildman–Crippen MR) is 96.9 cm³/mol. The second kappa shape index (κ2) is 6.07. The number of nitrogens with zero attached hydrogens (tertiary/aromatic N) is 2. The summed E-state index contributed by atoms with van der Waals surface area (Å²) in [5.74, 6) is 0.567. The molecule has 0 saturated carbocycles. The van der Waals surface area contributed by atoms with Gasteiger partial charge in [-0.1, -0.05) is 35.9 Å². The van der Waals surface area contributed by atoms with Crippen LogP contribution in [0.25, 0.3) is 33.5 Å². The van der Waals surface area contributed by atoms with Crippen LogP contribution < -0.4 is 10.4 Å². The first-order chi connectivity index (χ1) is 12.2. The maximum atomic E-state index is 11.4. The van der Waals surface area contributed by atoms with Crippen molar-refractivity contribution < 1.29 is 4.74 Å². The van der Waals surface area contributed by atoms with Crippen LogP contribution in [0.2, 0.25) is 5.02 Å². The van der Waals surface area contributed by atoms with Crippen LogP contribution in [0.3, 0.4) is 0 Å². The minimum absolute atomic E-state index is 0.310. The third kappa shape index (κ3) is 2.77. The number of nitrogens with one attached hydrogen (secondary N) is 2. The number of pyridine rings is 2. The van der Waals surface area contributed by atoms with Gasteiger partial charge < -0.3 is 9.72 Å². The van der Waals surface area contributed by atoms with E-state index in [1.165, 1.54) is 0 Å². The molecule has 0 atom stereocenters. The Morgan fingerprint density at radius 3 is 2.60 bits per heavy atom. The molecule has 4 rings (SSSR count). The fourth-order valence-electron chi connectivity index (χ4n) is 2.72. The Balaban J connectivity index is 1.78. The first-order valence-corrected chi connectivity index (χ1v) is 7.92. The first kappa shape index (κ1) is 15.4. The van der Waals surface area contributed by atoms with Gasteiger partial charge in [-0.15, -0.1) is 0 Å². The average molecular weight is 353 g/mol. The monoisotopic (exact) mass is 352 g/mol. The highest BCUT2D eigenvalue weighted by Gasteiger charge is 2.11. The van der Waals surface area contributed by atoms with Crippen LogP contribution in [0.5, 0.6) is 5.88 Å². The van der Waals surface area contributed by atoms with Crippen LogP contribution in [-0.4, -0.2) is 27.0 Å². The highest BCUT2D eigenvalue weighted by Crippen LogP contribution is 2.32. The molecule has 6 nitrogen and oxygen atoms in total. The van der Waals surface area contributed by atoms with Crippen LogP contribution in [0.15, 0.2) is 53.5 Å². The Morgan fingerprint density at radius 1 is 1.08 bits per heavy atom. The number of halogens is 1. The summed E-state index contributed by atoms with van der Waals surface area (Å²) >= 11 is 6.32. The SMILES string of the molecule is COc1ncccc1-c1ccc(-c2nc3[nH]c(=O)[nH]c3cc2Cl)cc1. The van der Waals surface area contributed by atoms with E-state index in [9.17, 15) is 4.79 Å². The van der Waals surface area contributed by atoms with E-state index < -0.39 is 0 Å². The molecule has 1 aromatic carbocycles. The van der Waals surface area contributed by atoms with Crippen molar-refractivity contribution in [2.24, 2.45) is 0 Å². The third-order valence-electron chi connectivity index (χ3n) is 3.89. The minimum Gasteiger partial charge on any atom is -0.481 e. The Bertz CT molecular complexity index is 1120. The molecule has 3 aromatic heterocycles. The molecule has 0 unspecified atom stereocenters. The highest BCUT2D eigenvalue weighted by molar-refractivity contribution is 6.33. The molecule has 124 valence electrons. The van der Waals surface area contributed by atoms with E-state index in [1.807, 2.05) is 36.4 Å². The molecule has 0 bridgehead atoms. The largest absolute Gasteiger partial charge is 0.481 e. The predicted octanol–water partition coefficient (Wildman–Crippen LogP) is 3.64. The van der Waals surface area contributed by atoms with Gasteiger partial charge in [0, 0.05) is 17.3 Å². The summed E-state index contributed by atoms with van der Waals surface area (Å²) in [6.07, 6.45) is 1.69. The van der Waals surface area contributed by atoms with Gasteiger partial charge in [0.25, 0.3) is 0 Å². The minimum atomic E-state index is -0.310. The zero-order valence-corrected chi connectivity index (χ0v) is 14.0. The van der Waals surface area contributed by atoms with E-state index in [1.54, 1.807) is 19.4 Å². The van der Waals surface area contributed by atoms with Crippen LogP contribution in [0.4, 0.5) is 0 Å². The number of hydrogen-bond donors (Lipinski definition) is 2. The molecule has 25 heavy (non-hydrogen) atoms. The molecular weight excluding hydrogens is 340 g/mol. The average Bonchev–Trinajstić information content (AvgIpc) is 3.00. The number of fused-ring (bicyclic) bond motifs is 1. The van der Waals surface area contributed by atoms with E-state index in [0.29, 0.717) is 27.8 Å². The maximum Gasteiger partial charge on any atom is 0.325 e. The summed E-state index contributed by atoms with van der Waals surface area (Å²) in [5, 5.41) is 0.467. The van der Waals surface area contributed by atoms with E-state index in [0.717, 1.165) is 16.7 Å². The molecule has 0 fully saturated rings. The van der Waals surface area contributed by atoms with Gasteiger partial charge in [-0.3, -0.25) is 4.98 Å². The van der Waals surface area contributed by atoms with E-state index in [4.69, 9.17) is 16.3 Å². The zero-order valence-electron chi connectivity index (χ0n) is 13.2. The summed E-state index contributed by atoms with van der Waals surface area (Å²) in [7, 11) is 1.59. The van der Waals surface area contributed by atoms with Gasteiger partial charge in [0.05, 0.1) is 23.3 Å². The number of H-pyrrole nitrogens is 2. The lowest BCUT2D eigenvalue weighted by atomic mass is 10.0. The summed E-state index contributed by atoms with van der Waals surface area (Å²) in [4.78, 5) is 25.3. The van der Waals surface area contributed by atoms with E-state index in [2.05, 4.69) is 19.9 Å². The standard InChI is InChI=1S/C18H13ClN4O2/c1-25-17-12(3-2-8-20-17)10-4-6-11(7-5-10)15-13(19)9-14-16(22-15)23-18(24)21-14/h2-9H,1H3,(H2,21,22,23,24). The fraction of sp³-hybridized carbons (Fsp3) is 0.0556.